The summed E-state index contributed by atoms with van der Waals surface area (Å²) in [5.41, 5.74) is 1.30. The van der Waals surface area contributed by atoms with Crippen molar-refractivity contribution in [2.24, 2.45) is 0 Å². The molecular weight excluding hydrogens is 256 g/mol. The van der Waals surface area contributed by atoms with Crippen LogP contribution in [0.3, 0.4) is 0 Å². The third-order valence-corrected chi connectivity index (χ3v) is 4.34. The van der Waals surface area contributed by atoms with E-state index < -0.39 is 0 Å². The summed E-state index contributed by atoms with van der Waals surface area (Å²) in [6.07, 6.45) is 5.40. The normalized spacial score (nSPS) is 20.9. The van der Waals surface area contributed by atoms with Crippen molar-refractivity contribution in [2.75, 3.05) is 27.2 Å². The molecule has 0 saturated carbocycles. The van der Waals surface area contributed by atoms with E-state index in [4.69, 9.17) is 11.6 Å². The van der Waals surface area contributed by atoms with Crippen LogP contribution in [-0.4, -0.2) is 43.0 Å². The van der Waals surface area contributed by atoms with E-state index >= 15 is 0 Å². The fraction of sp³-hybridized carbons (Fsp3) is 0.625. The van der Waals surface area contributed by atoms with Crippen molar-refractivity contribution in [2.45, 2.75) is 38.3 Å². The average Bonchev–Trinajstić information content (AvgIpc) is 2.38. The predicted molar refractivity (Wildman–Crippen MR) is 82.7 cm³/mol. The molecule has 19 heavy (non-hydrogen) atoms. The lowest BCUT2D eigenvalue weighted by Crippen LogP contribution is -2.38. The monoisotopic (exact) mass is 280 g/mol. The maximum atomic E-state index is 6.02. The van der Waals surface area contributed by atoms with E-state index in [-0.39, 0.29) is 0 Å². The lowest BCUT2D eigenvalue weighted by molar-refractivity contribution is 0.159. The summed E-state index contributed by atoms with van der Waals surface area (Å²) in [4.78, 5) is 4.92. The van der Waals surface area contributed by atoms with Gasteiger partial charge in [-0.05, 0) is 64.1 Å². The number of hydrogen-bond donors (Lipinski definition) is 0. The van der Waals surface area contributed by atoms with Crippen LogP contribution in [0.2, 0.25) is 5.02 Å². The number of hydrogen-bond acceptors (Lipinski definition) is 2. The van der Waals surface area contributed by atoms with Gasteiger partial charge in [0.15, 0.2) is 0 Å². The van der Waals surface area contributed by atoms with Gasteiger partial charge in [0.2, 0.25) is 0 Å². The molecule has 1 aliphatic heterocycles. The maximum Gasteiger partial charge on any atom is 0.0409 e. The van der Waals surface area contributed by atoms with Gasteiger partial charge in [-0.3, -0.25) is 0 Å². The highest BCUT2D eigenvalue weighted by Gasteiger charge is 2.18. The third kappa shape index (κ3) is 4.79. The average molecular weight is 281 g/mol. The van der Waals surface area contributed by atoms with Crippen molar-refractivity contribution in [1.29, 1.82) is 0 Å². The van der Waals surface area contributed by atoms with E-state index in [1.54, 1.807) is 0 Å². The number of rotatable bonds is 5. The van der Waals surface area contributed by atoms with Crippen LogP contribution < -0.4 is 0 Å². The fourth-order valence-electron chi connectivity index (χ4n) is 2.90. The lowest BCUT2D eigenvalue weighted by atomic mass is 10.00. The topological polar surface area (TPSA) is 6.48 Å². The molecule has 106 valence electrons. The standard InChI is InChI=1S/C16H25ClN2/c1-18(13-14-6-5-7-15(17)12-14)11-9-16-8-3-4-10-19(16)2/h5-7,12,16H,3-4,8-11,13H2,1-2H3. The number of likely N-dealkylation sites (tertiary alicyclic amines) is 1. The molecule has 0 radical (unpaired) electrons. The van der Waals surface area contributed by atoms with Gasteiger partial charge in [0.05, 0.1) is 0 Å². The first-order valence-corrected chi connectivity index (χ1v) is 7.66. The largest absolute Gasteiger partial charge is 0.303 e. The molecule has 1 unspecified atom stereocenters. The summed E-state index contributed by atoms with van der Waals surface area (Å²) in [7, 11) is 4.46. The van der Waals surface area contributed by atoms with E-state index in [2.05, 4.69) is 36.0 Å². The molecule has 0 aromatic heterocycles. The molecule has 1 heterocycles. The highest BCUT2D eigenvalue weighted by atomic mass is 35.5. The SMILES string of the molecule is CN(CCC1CCCCN1C)Cc1cccc(Cl)c1. The molecular formula is C16H25ClN2. The first-order chi connectivity index (χ1) is 9.15. The minimum atomic E-state index is 0.774. The number of piperidine rings is 1. The van der Waals surface area contributed by atoms with Gasteiger partial charge in [-0.1, -0.05) is 30.2 Å². The van der Waals surface area contributed by atoms with Crippen molar-refractivity contribution in [3.05, 3.63) is 34.9 Å². The Morgan fingerprint density at radius 1 is 1.37 bits per heavy atom. The Morgan fingerprint density at radius 2 is 2.21 bits per heavy atom. The number of halogens is 1. The molecule has 1 aromatic rings. The van der Waals surface area contributed by atoms with Crippen molar-refractivity contribution in [3.63, 3.8) is 0 Å². The molecule has 1 atom stereocenters. The van der Waals surface area contributed by atoms with Crippen LogP contribution in [0.5, 0.6) is 0 Å². The first kappa shape index (κ1) is 14.8. The van der Waals surface area contributed by atoms with Gasteiger partial charge in [-0.2, -0.15) is 0 Å². The number of nitrogens with zero attached hydrogens (tertiary/aromatic N) is 2. The van der Waals surface area contributed by atoms with Crippen LogP contribution in [0, 0.1) is 0 Å². The molecule has 0 N–H and O–H groups in total. The zero-order valence-corrected chi connectivity index (χ0v) is 12.9. The smallest absolute Gasteiger partial charge is 0.0409 e. The Balaban J connectivity index is 1.76. The van der Waals surface area contributed by atoms with E-state index in [9.17, 15) is 0 Å². The summed E-state index contributed by atoms with van der Waals surface area (Å²) >= 11 is 6.02. The van der Waals surface area contributed by atoms with E-state index in [0.717, 1.165) is 24.2 Å². The van der Waals surface area contributed by atoms with Crippen LogP contribution in [0.4, 0.5) is 0 Å². The molecule has 3 heteroatoms. The zero-order chi connectivity index (χ0) is 13.7. The van der Waals surface area contributed by atoms with Crippen LogP contribution in [0.15, 0.2) is 24.3 Å². The minimum absolute atomic E-state index is 0.774. The van der Waals surface area contributed by atoms with Gasteiger partial charge in [0, 0.05) is 17.6 Å². The second-order valence-corrected chi connectivity index (χ2v) is 6.22. The summed E-state index contributed by atoms with van der Waals surface area (Å²) < 4.78 is 0. The maximum absolute atomic E-state index is 6.02. The van der Waals surface area contributed by atoms with Gasteiger partial charge in [-0.25, -0.2) is 0 Å². The van der Waals surface area contributed by atoms with Crippen molar-refractivity contribution in [3.8, 4) is 0 Å². The second-order valence-electron chi connectivity index (χ2n) is 5.79. The van der Waals surface area contributed by atoms with Gasteiger partial charge in [-0.15, -0.1) is 0 Å². The Morgan fingerprint density at radius 3 is 2.95 bits per heavy atom. The quantitative estimate of drug-likeness (QED) is 0.812. The highest BCUT2D eigenvalue weighted by molar-refractivity contribution is 6.30. The Hall–Kier alpha value is -0.570. The summed E-state index contributed by atoms with van der Waals surface area (Å²) in [5.74, 6) is 0. The van der Waals surface area contributed by atoms with Gasteiger partial charge in [0.25, 0.3) is 0 Å². The lowest BCUT2D eigenvalue weighted by Gasteiger charge is -2.33. The van der Waals surface area contributed by atoms with Crippen LogP contribution >= 0.6 is 11.6 Å². The molecule has 1 fully saturated rings. The fourth-order valence-corrected chi connectivity index (χ4v) is 3.12. The Labute approximate surface area is 122 Å². The van der Waals surface area contributed by atoms with Gasteiger partial charge >= 0.3 is 0 Å². The van der Waals surface area contributed by atoms with Crippen LogP contribution in [0.1, 0.15) is 31.2 Å². The molecule has 0 bridgehead atoms. The van der Waals surface area contributed by atoms with Crippen molar-refractivity contribution in [1.82, 2.24) is 9.80 Å². The Bertz CT molecular complexity index is 394. The van der Waals surface area contributed by atoms with Gasteiger partial charge < -0.3 is 9.80 Å². The van der Waals surface area contributed by atoms with Crippen LogP contribution in [0.25, 0.3) is 0 Å². The third-order valence-electron chi connectivity index (χ3n) is 4.11. The van der Waals surface area contributed by atoms with Crippen molar-refractivity contribution >= 4 is 11.6 Å². The van der Waals surface area contributed by atoms with E-state index in [1.165, 1.54) is 37.8 Å². The van der Waals surface area contributed by atoms with E-state index in [0.29, 0.717) is 0 Å². The zero-order valence-electron chi connectivity index (χ0n) is 12.1. The molecule has 1 aromatic carbocycles. The molecule has 0 amide bonds. The molecule has 1 saturated heterocycles. The van der Waals surface area contributed by atoms with Crippen LogP contribution in [-0.2, 0) is 6.54 Å². The first-order valence-electron chi connectivity index (χ1n) is 7.28. The minimum Gasteiger partial charge on any atom is -0.303 e. The Kier molecular flexibility index (Phi) is 5.68. The molecule has 0 aliphatic carbocycles. The summed E-state index contributed by atoms with van der Waals surface area (Å²) in [5, 5.41) is 0.831. The predicted octanol–water partition coefficient (Wildman–Crippen LogP) is 3.65. The molecule has 2 rings (SSSR count). The summed E-state index contributed by atoms with van der Waals surface area (Å²) in [6.45, 7) is 3.40. The molecule has 2 nitrogen and oxygen atoms in total. The van der Waals surface area contributed by atoms with Gasteiger partial charge in [0.1, 0.15) is 0 Å². The summed E-state index contributed by atoms with van der Waals surface area (Å²) in [6, 6.07) is 8.94. The molecule has 0 spiro atoms. The molecule has 1 aliphatic rings. The number of benzene rings is 1. The van der Waals surface area contributed by atoms with E-state index in [1.807, 2.05) is 12.1 Å². The highest BCUT2D eigenvalue weighted by Crippen LogP contribution is 2.18. The van der Waals surface area contributed by atoms with Crippen molar-refractivity contribution < 1.29 is 0 Å². The second kappa shape index (κ2) is 7.28.